The largest absolute Gasteiger partial charge is 0.493 e. The maximum Gasteiger partial charge on any atom is 0.319 e. The Morgan fingerprint density at radius 1 is 0.750 bits per heavy atom. The number of methoxy groups -OCH3 is 4. The van der Waals surface area contributed by atoms with E-state index in [9.17, 15) is 0 Å². The smallest absolute Gasteiger partial charge is 0.319 e. The van der Waals surface area contributed by atoms with Crippen molar-refractivity contribution < 1.29 is 18.9 Å². The van der Waals surface area contributed by atoms with Crippen LogP contribution in [-0.2, 0) is 0 Å². The number of aromatic nitrogens is 4. The van der Waals surface area contributed by atoms with Crippen molar-refractivity contribution in [3.63, 3.8) is 0 Å². The van der Waals surface area contributed by atoms with Gasteiger partial charge in [-0.1, -0.05) is 0 Å². The third-order valence-corrected chi connectivity index (χ3v) is 5.34. The summed E-state index contributed by atoms with van der Waals surface area (Å²) in [4.78, 5) is 22.1. The van der Waals surface area contributed by atoms with E-state index in [0.717, 1.165) is 49.2 Å². The van der Waals surface area contributed by atoms with Crippen LogP contribution in [0.1, 0.15) is 0 Å². The predicted octanol–water partition coefficient (Wildman–Crippen LogP) is 2.29. The van der Waals surface area contributed by atoms with Crippen LogP contribution in [0.4, 0.5) is 11.5 Å². The molecule has 0 N–H and O–H groups in total. The van der Waals surface area contributed by atoms with Crippen LogP contribution in [0.3, 0.4) is 0 Å². The van der Waals surface area contributed by atoms with Crippen molar-refractivity contribution in [2.24, 2.45) is 0 Å². The maximum atomic E-state index is 5.44. The van der Waals surface area contributed by atoms with Crippen LogP contribution in [0.25, 0.3) is 11.3 Å². The van der Waals surface area contributed by atoms with Gasteiger partial charge in [-0.2, -0.15) is 4.98 Å². The normalized spacial score (nSPS) is 13.6. The quantitative estimate of drug-likeness (QED) is 0.547. The summed E-state index contributed by atoms with van der Waals surface area (Å²) in [6, 6.07) is 6.22. The zero-order chi connectivity index (χ0) is 22.5. The van der Waals surface area contributed by atoms with Gasteiger partial charge in [0.15, 0.2) is 11.5 Å². The third-order valence-electron chi connectivity index (χ3n) is 5.34. The Balaban J connectivity index is 1.49. The molecule has 1 fully saturated rings. The minimum absolute atomic E-state index is 0.237. The van der Waals surface area contributed by atoms with Gasteiger partial charge < -0.3 is 28.7 Å². The monoisotopic (exact) mass is 438 g/mol. The van der Waals surface area contributed by atoms with Crippen molar-refractivity contribution in [3.8, 4) is 34.6 Å². The number of benzene rings is 1. The van der Waals surface area contributed by atoms with Crippen LogP contribution in [0.2, 0.25) is 0 Å². The van der Waals surface area contributed by atoms with Gasteiger partial charge in [0.25, 0.3) is 0 Å². The van der Waals surface area contributed by atoms with E-state index >= 15 is 0 Å². The highest BCUT2D eigenvalue weighted by Gasteiger charge is 2.21. The van der Waals surface area contributed by atoms with E-state index < -0.39 is 0 Å². The molecule has 3 aromatic rings. The van der Waals surface area contributed by atoms with Crippen LogP contribution in [0, 0.1) is 0 Å². The third kappa shape index (κ3) is 4.29. The lowest BCUT2D eigenvalue weighted by Gasteiger charge is -2.36. The second-order valence-corrected chi connectivity index (χ2v) is 7.06. The molecule has 0 aliphatic carbocycles. The minimum Gasteiger partial charge on any atom is -0.493 e. The minimum atomic E-state index is 0.237. The highest BCUT2D eigenvalue weighted by molar-refractivity contribution is 5.65. The fraction of sp³-hybridized carbons (Fsp3) is 0.364. The molecule has 0 amide bonds. The lowest BCUT2D eigenvalue weighted by molar-refractivity contribution is 0.353. The number of rotatable bonds is 7. The molecule has 0 radical (unpaired) electrons. The molecule has 0 atom stereocenters. The van der Waals surface area contributed by atoms with Gasteiger partial charge in [0.1, 0.15) is 5.82 Å². The molecule has 0 spiro atoms. The predicted molar refractivity (Wildman–Crippen MR) is 120 cm³/mol. The number of ether oxygens (including phenoxy) is 4. The van der Waals surface area contributed by atoms with Crippen molar-refractivity contribution in [2.75, 3.05) is 64.4 Å². The number of hydrogen-bond acceptors (Lipinski definition) is 10. The molecule has 10 nitrogen and oxygen atoms in total. The topological polar surface area (TPSA) is 95.0 Å². The Morgan fingerprint density at radius 3 is 2.19 bits per heavy atom. The van der Waals surface area contributed by atoms with Crippen LogP contribution >= 0.6 is 0 Å². The van der Waals surface area contributed by atoms with E-state index in [1.54, 1.807) is 39.9 Å². The van der Waals surface area contributed by atoms with E-state index in [0.29, 0.717) is 17.1 Å². The fourth-order valence-electron chi connectivity index (χ4n) is 3.63. The van der Waals surface area contributed by atoms with Gasteiger partial charge in [-0.3, -0.25) is 4.98 Å². The zero-order valence-electron chi connectivity index (χ0n) is 18.6. The maximum absolute atomic E-state index is 5.44. The van der Waals surface area contributed by atoms with Gasteiger partial charge >= 0.3 is 6.01 Å². The average Bonchev–Trinajstić information content (AvgIpc) is 2.88. The molecule has 1 saturated heterocycles. The van der Waals surface area contributed by atoms with Crippen molar-refractivity contribution >= 4 is 11.5 Å². The Kier molecular flexibility index (Phi) is 6.39. The summed E-state index contributed by atoms with van der Waals surface area (Å²) in [5, 5.41) is 0. The first kappa shape index (κ1) is 21.4. The molecule has 1 aliphatic heterocycles. The first-order valence-corrected chi connectivity index (χ1v) is 10.2. The molecule has 168 valence electrons. The molecule has 32 heavy (non-hydrogen) atoms. The van der Waals surface area contributed by atoms with E-state index in [1.165, 1.54) is 7.11 Å². The second kappa shape index (κ2) is 9.54. The van der Waals surface area contributed by atoms with Crippen LogP contribution < -0.4 is 28.7 Å². The highest BCUT2D eigenvalue weighted by atomic mass is 16.5. The Hall–Kier alpha value is -3.82. The number of nitrogens with zero attached hydrogens (tertiary/aromatic N) is 6. The standard InChI is InChI=1S/C22H26N6O4/c1-29-18-6-5-15(11-19(18)30-2)27-7-9-28(10-8-27)20-14-23-13-17(25-20)16-12-24-22(32-4)26-21(16)31-3/h5-6,11-14H,7-10H2,1-4H3. The zero-order valence-corrected chi connectivity index (χ0v) is 18.6. The van der Waals surface area contributed by atoms with Crippen molar-refractivity contribution in [3.05, 3.63) is 36.8 Å². The molecule has 1 aliphatic rings. The van der Waals surface area contributed by atoms with Crippen LogP contribution in [-0.4, -0.2) is 74.6 Å². The molecule has 0 unspecified atom stereocenters. The number of hydrogen-bond donors (Lipinski definition) is 0. The lowest BCUT2D eigenvalue weighted by atomic mass is 10.2. The molecule has 4 rings (SSSR count). The summed E-state index contributed by atoms with van der Waals surface area (Å²) in [6.45, 7) is 3.30. The number of anilines is 2. The molecule has 2 aromatic heterocycles. The van der Waals surface area contributed by atoms with Gasteiger partial charge in [-0.05, 0) is 12.1 Å². The van der Waals surface area contributed by atoms with E-state index in [2.05, 4.69) is 24.8 Å². The Morgan fingerprint density at radius 2 is 1.50 bits per heavy atom. The molecule has 10 heteroatoms. The summed E-state index contributed by atoms with van der Waals surface area (Å²) >= 11 is 0. The van der Waals surface area contributed by atoms with Crippen molar-refractivity contribution in [1.29, 1.82) is 0 Å². The van der Waals surface area contributed by atoms with Crippen LogP contribution in [0.5, 0.6) is 23.4 Å². The summed E-state index contributed by atoms with van der Waals surface area (Å²) in [5.74, 6) is 2.63. The van der Waals surface area contributed by atoms with Gasteiger partial charge in [-0.15, -0.1) is 0 Å². The van der Waals surface area contributed by atoms with E-state index in [-0.39, 0.29) is 6.01 Å². The molecular weight excluding hydrogens is 412 g/mol. The molecule has 0 saturated carbocycles. The molecule has 3 heterocycles. The van der Waals surface area contributed by atoms with Gasteiger partial charge in [-0.25, -0.2) is 9.97 Å². The summed E-state index contributed by atoms with van der Waals surface area (Å²) in [7, 11) is 6.35. The lowest BCUT2D eigenvalue weighted by Crippen LogP contribution is -2.46. The molecule has 1 aromatic carbocycles. The molecular formula is C22H26N6O4. The summed E-state index contributed by atoms with van der Waals surface area (Å²) in [5.41, 5.74) is 2.40. The van der Waals surface area contributed by atoms with Gasteiger partial charge in [0.2, 0.25) is 5.88 Å². The average molecular weight is 438 g/mol. The van der Waals surface area contributed by atoms with Gasteiger partial charge in [0.05, 0.1) is 52.1 Å². The van der Waals surface area contributed by atoms with Crippen LogP contribution in [0.15, 0.2) is 36.8 Å². The Labute approximate surface area is 186 Å². The van der Waals surface area contributed by atoms with E-state index in [1.807, 2.05) is 18.2 Å². The van der Waals surface area contributed by atoms with E-state index in [4.69, 9.17) is 23.9 Å². The van der Waals surface area contributed by atoms with Gasteiger partial charge in [0, 0.05) is 44.1 Å². The first-order valence-electron chi connectivity index (χ1n) is 10.2. The summed E-state index contributed by atoms with van der Waals surface area (Å²) in [6.07, 6.45) is 5.08. The molecule has 0 bridgehead atoms. The SMILES string of the molecule is COc1ncc(-c2cncc(N3CCN(c4ccc(OC)c(OC)c4)CC3)n2)c(OC)n1. The second-order valence-electron chi connectivity index (χ2n) is 7.06. The Bertz CT molecular complexity index is 1070. The number of piperazine rings is 1. The first-order chi connectivity index (χ1) is 15.7. The summed E-state index contributed by atoms with van der Waals surface area (Å²) < 4.78 is 21.2. The highest BCUT2D eigenvalue weighted by Crippen LogP contribution is 2.32. The van der Waals surface area contributed by atoms with Crippen molar-refractivity contribution in [1.82, 2.24) is 19.9 Å². The van der Waals surface area contributed by atoms with Crippen molar-refractivity contribution in [2.45, 2.75) is 0 Å². The fourth-order valence-corrected chi connectivity index (χ4v) is 3.63.